The summed E-state index contributed by atoms with van der Waals surface area (Å²) in [6.45, 7) is 0. The van der Waals surface area contributed by atoms with Crippen LogP contribution in [0.2, 0.25) is 0 Å². The van der Waals surface area contributed by atoms with E-state index in [-0.39, 0.29) is 20.6 Å². The average Bonchev–Trinajstić information content (AvgIpc) is 2.84. The van der Waals surface area contributed by atoms with Gasteiger partial charge in [0.2, 0.25) is 0 Å². The van der Waals surface area contributed by atoms with E-state index in [2.05, 4.69) is 18.6 Å². The third-order valence-electron chi connectivity index (χ3n) is 2.60. The Morgan fingerprint density at radius 3 is 2.59 bits per heavy atom. The molecule has 84 valence electrons. The van der Waals surface area contributed by atoms with Crippen LogP contribution in [0, 0.1) is 4.91 Å². The second-order valence-corrected chi connectivity index (χ2v) is 4.54. The van der Waals surface area contributed by atoms with Crippen LogP contribution in [-0.4, -0.2) is 28.1 Å². The van der Waals surface area contributed by atoms with Gasteiger partial charge in [0.05, 0.1) is 0 Å². The Morgan fingerprint density at radius 1 is 1.18 bits per heavy atom. The van der Waals surface area contributed by atoms with Gasteiger partial charge in [0.1, 0.15) is 0 Å². The summed E-state index contributed by atoms with van der Waals surface area (Å²) >= 11 is -0.287. The molecule has 0 bridgehead atoms. The van der Waals surface area contributed by atoms with E-state index in [0.29, 0.717) is 27.5 Å². The number of benzene rings is 2. The van der Waals surface area contributed by atoms with Crippen LogP contribution in [0.1, 0.15) is 0 Å². The Morgan fingerprint density at radius 2 is 1.88 bits per heavy atom. The normalized spacial score (nSPS) is 10.9. The van der Waals surface area contributed by atoms with Gasteiger partial charge in [0.25, 0.3) is 0 Å². The fourth-order valence-electron chi connectivity index (χ4n) is 1.88. The Bertz CT molecular complexity index is 725. The van der Waals surface area contributed by atoms with Crippen molar-refractivity contribution in [3.63, 3.8) is 0 Å². The monoisotopic (exact) mass is 294 g/mol. The summed E-state index contributed by atoms with van der Waals surface area (Å²) in [7, 11) is 0. The quantitative estimate of drug-likeness (QED) is 0.429. The molecule has 0 saturated carbocycles. The third kappa shape index (κ3) is 1.37. The summed E-state index contributed by atoms with van der Waals surface area (Å²) in [6.07, 6.45) is 0. The molecule has 0 saturated heterocycles. The van der Waals surface area contributed by atoms with Gasteiger partial charge in [0, 0.05) is 0 Å². The molecule has 0 aliphatic heterocycles. The van der Waals surface area contributed by atoms with Crippen molar-refractivity contribution in [3.05, 3.63) is 29.2 Å². The van der Waals surface area contributed by atoms with Gasteiger partial charge in [-0.15, -0.1) is 0 Å². The number of aromatic nitrogens is 2. The molecule has 0 aliphatic rings. The van der Waals surface area contributed by atoms with Crippen LogP contribution >= 0.6 is 0 Å². The molecule has 2 aromatic carbocycles. The number of hydrogen-bond donors (Lipinski definition) is 2. The molecule has 0 radical (unpaired) electrons. The van der Waals surface area contributed by atoms with Crippen LogP contribution in [0.5, 0.6) is 0 Å². The molecule has 0 unspecified atom stereocenters. The van der Waals surface area contributed by atoms with E-state index in [9.17, 15) is 10.1 Å². The van der Waals surface area contributed by atoms with Gasteiger partial charge in [0.15, 0.2) is 0 Å². The molecular weight excluding hydrogens is 287 g/mol. The van der Waals surface area contributed by atoms with Crippen molar-refractivity contribution < 1.29 is 5.21 Å². The van der Waals surface area contributed by atoms with Crippen LogP contribution in [0.25, 0.3) is 21.8 Å². The van der Waals surface area contributed by atoms with Crippen LogP contribution < -0.4 is 5.48 Å². The summed E-state index contributed by atoms with van der Waals surface area (Å²) < 4.78 is 8.38. The van der Waals surface area contributed by atoms with Gasteiger partial charge >= 0.3 is 101 Å². The molecule has 1 aromatic heterocycles. The number of anilines is 1. The molecule has 0 aliphatic carbocycles. The topological polar surface area (TPSA) is 87.5 Å². The molecule has 0 amide bonds. The van der Waals surface area contributed by atoms with Crippen LogP contribution in [-0.2, 0) is 0 Å². The average molecular weight is 293 g/mol. The fourth-order valence-corrected chi connectivity index (χ4v) is 3.04. The second kappa shape index (κ2) is 3.88. The molecular formula is C10H6N4O2Se. The molecule has 17 heavy (non-hydrogen) atoms. The number of nitroso groups, excluding NO2 is 1. The Kier molecular flexibility index (Phi) is 2.36. The Hall–Kier alpha value is -1.82. The second-order valence-electron chi connectivity index (χ2n) is 3.43. The first kappa shape index (κ1) is 10.3. The third-order valence-corrected chi connectivity index (χ3v) is 3.71. The zero-order chi connectivity index (χ0) is 11.8. The molecule has 1 heterocycles. The van der Waals surface area contributed by atoms with Crippen molar-refractivity contribution in [2.45, 2.75) is 0 Å². The Balaban J connectivity index is 2.65. The van der Waals surface area contributed by atoms with Crippen LogP contribution in [0.15, 0.2) is 29.4 Å². The summed E-state index contributed by atoms with van der Waals surface area (Å²) in [5.41, 5.74) is 3.88. The van der Waals surface area contributed by atoms with E-state index in [1.165, 1.54) is 0 Å². The number of nitrogens with zero attached hydrogens (tertiary/aromatic N) is 3. The minimum atomic E-state index is -0.287. The molecule has 0 atom stereocenters. The summed E-state index contributed by atoms with van der Waals surface area (Å²) in [6, 6.07) is 7.20. The minimum absolute atomic E-state index is 0.287. The fraction of sp³-hybridized carbons (Fsp3) is 0. The van der Waals surface area contributed by atoms with E-state index in [0.717, 1.165) is 0 Å². The predicted molar refractivity (Wildman–Crippen MR) is 64.8 cm³/mol. The number of nitrogens with one attached hydrogen (secondary N) is 1. The van der Waals surface area contributed by atoms with E-state index >= 15 is 0 Å². The molecule has 0 spiro atoms. The number of rotatable bonds is 2. The SMILES string of the molecule is O=Nc1c2ccccc2c(NO)c2n[se]nc12. The summed E-state index contributed by atoms with van der Waals surface area (Å²) in [5, 5.41) is 13.6. The molecule has 3 aromatic rings. The van der Waals surface area contributed by atoms with Gasteiger partial charge in [-0.05, 0) is 0 Å². The molecule has 6 nitrogen and oxygen atoms in total. The van der Waals surface area contributed by atoms with E-state index in [1.54, 1.807) is 12.1 Å². The Labute approximate surface area is 101 Å². The van der Waals surface area contributed by atoms with Gasteiger partial charge in [-0.25, -0.2) is 0 Å². The standard InChI is InChI=1S/C10H6N4O2Se/c15-11-7-5-3-1-2-4-6(5)8(12-16)10-9(7)13-17-14-10/h1-4,11,15H. The first-order chi connectivity index (χ1) is 8.36. The van der Waals surface area contributed by atoms with Crippen molar-refractivity contribution in [1.29, 1.82) is 0 Å². The van der Waals surface area contributed by atoms with Gasteiger partial charge < -0.3 is 0 Å². The van der Waals surface area contributed by atoms with E-state index in [1.807, 2.05) is 12.1 Å². The maximum atomic E-state index is 11.0. The van der Waals surface area contributed by atoms with Crippen molar-refractivity contribution in [2.75, 3.05) is 5.48 Å². The van der Waals surface area contributed by atoms with Crippen molar-refractivity contribution in [1.82, 2.24) is 7.96 Å². The number of fused-ring (bicyclic) bond motifs is 2. The number of hydrogen-bond acceptors (Lipinski definition) is 6. The van der Waals surface area contributed by atoms with Crippen LogP contribution in [0.3, 0.4) is 0 Å². The van der Waals surface area contributed by atoms with Gasteiger partial charge in [-0.1, -0.05) is 0 Å². The van der Waals surface area contributed by atoms with Crippen molar-refractivity contribution >= 4 is 48.1 Å². The van der Waals surface area contributed by atoms with Crippen molar-refractivity contribution in [3.8, 4) is 0 Å². The molecule has 3 rings (SSSR count). The zero-order valence-corrected chi connectivity index (χ0v) is 10.1. The van der Waals surface area contributed by atoms with Crippen molar-refractivity contribution in [2.24, 2.45) is 5.18 Å². The summed E-state index contributed by atoms with van der Waals surface area (Å²) in [5.74, 6) is 0. The maximum absolute atomic E-state index is 11.0. The van der Waals surface area contributed by atoms with E-state index in [4.69, 9.17) is 0 Å². The molecule has 0 fully saturated rings. The van der Waals surface area contributed by atoms with Gasteiger partial charge in [-0.2, -0.15) is 0 Å². The van der Waals surface area contributed by atoms with Crippen LogP contribution in [0.4, 0.5) is 11.4 Å². The molecule has 2 N–H and O–H groups in total. The molecule has 7 heteroatoms. The predicted octanol–water partition coefficient (Wildman–Crippen LogP) is 2.04. The first-order valence-electron chi connectivity index (χ1n) is 4.77. The zero-order valence-electron chi connectivity index (χ0n) is 8.41. The first-order valence-corrected chi connectivity index (χ1v) is 6.30. The van der Waals surface area contributed by atoms with E-state index < -0.39 is 0 Å². The van der Waals surface area contributed by atoms with Gasteiger partial charge in [-0.3, -0.25) is 0 Å². The summed E-state index contributed by atoms with van der Waals surface area (Å²) in [4.78, 5) is 11.0.